The maximum absolute atomic E-state index is 12.6. The van der Waals surface area contributed by atoms with Crippen LogP contribution in [-0.2, 0) is 6.42 Å². The molecule has 1 aromatic heterocycles. The summed E-state index contributed by atoms with van der Waals surface area (Å²) in [6.07, 6.45) is 5.44. The molecule has 1 unspecified atom stereocenters. The average Bonchev–Trinajstić information content (AvgIpc) is 3.33. The number of rotatable bonds is 6. The largest absolute Gasteiger partial charge is 0.485 e. The second-order valence-corrected chi connectivity index (χ2v) is 7.93. The van der Waals surface area contributed by atoms with Crippen LogP contribution in [0.25, 0.3) is 0 Å². The summed E-state index contributed by atoms with van der Waals surface area (Å²) < 4.78 is 6.49. The van der Waals surface area contributed by atoms with E-state index in [-0.39, 0.29) is 17.8 Å². The van der Waals surface area contributed by atoms with Crippen LogP contribution in [0.4, 0.5) is 0 Å². The Bertz CT molecular complexity index is 1150. The minimum absolute atomic E-state index is 0.181. The number of ether oxygens (including phenoxy) is 1. The van der Waals surface area contributed by atoms with Crippen molar-refractivity contribution in [1.82, 2.24) is 9.97 Å². The van der Waals surface area contributed by atoms with Gasteiger partial charge in [-0.1, -0.05) is 60.7 Å². The molecule has 4 aromatic rings. The van der Waals surface area contributed by atoms with Crippen LogP contribution in [0.5, 0.6) is 5.75 Å². The van der Waals surface area contributed by atoms with E-state index in [1.807, 2.05) is 42.6 Å². The highest BCUT2D eigenvalue weighted by Crippen LogP contribution is 2.39. The third-order valence-electron chi connectivity index (χ3n) is 5.94. The smallest absolute Gasteiger partial charge is 0.163 e. The number of aromatic nitrogens is 2. The zero-order valence-electron chi connectivity index (χ0n) is 17.2. The number of hydrogen-bond donors (Lipinski definition) is 1. The summed E-state index contributed by atoms with van der Waals surface area (Å²) in [4.78, 5) is 20.1. The molecule has 4 heteroatoms. The van der Waals surface area contributed by atoms with E-state index in [4.69, 9.17) is 4.74 Å². The molecule has 1 aliphatic carbocycles. The molecule has 0 saturated carbocycles. The number of carbonyl (C=O) groups excluding carboxylic acids is 1. The number of aromatic amines is 1. The van der Waals surface area contributed by atoms with Gasteiger partial charge in [0.25, 0.3) is 0 Å². The SMILES string of the molecule is O=C1CCC(c2ccccc2)c2cc(O[C@@H](Cc3ncc[nH]3)c3ccccc3)ccc21. The van der Waals surface area contributed by atoms with E-state index in [0.717, 1.165) is 34.7 Å². The molecule has 5 rings (SSSR count). The van der Waals surface area contributed by atoms with Crippen molar-refractivity contribution in [3.63, 3.8) is 0 Å². The molecule has 3 aromatic carbocycles. The summed E-state index contributed by atoms with van der Waals surface area (Å²) in [5.74, 6) is 2.07. The van der Waals surface area contributed by atoms with Gasteiger partial charge >= 0.3 is 0 Å². The zero-order valence-corrected chi connectivity index (χ0v) is 17.2. The summed E-state index contributed by atoms with van der Waals surface area (Å²) in [7, 11) is 0. The maximum Gasteiger partial charge on any atom is 0.163 e. The predicted molar refractivity (Wildman–Crippen MR) is 120 cm³/mol. The number of hydrogen-bond acceptors (Lipinski definition) is 3. The highest BCUT2D eigenvalue weighted by Gasteiger charge is 2.27. The average molecular weight is 409 g/mol. The second-order valence-electron chi connectivity index (χ2n) is 7.93. The number of H-pyrrole nitrogens is 1. The van der Waals surface area contributed by atoms with Crippen molar-refractivity contribution >= 4 is 5.78 Å². The number of carbonyl (C=O) groups is 1. The molecule has 0 radical (unpaired) electrons. The molecule has 2 atom stereocenters. The van der Waals surface area contributed by atoms with E-state index in [1.54, 1.807) is 6.20 Å². The Morgan fingerprint density at radius 3 is 2.52 bits per heavy atom. The minimum Gasteiger partial charge on any atom is -0.485 e. The zero-order chi connectivity index (χ0) is 21.0. The van der Waals surface area contributed by atoms with Gasteiger partial charge in [-0.3, -0.25) is 4.79 Å². The first kappa shape index (κ1) is 19.3. The fraction of sp³-hybridized carbons (Fsp3) is 0.185. The first-order valence-corrected chi connectivity index (χ1v) is 10.7. The lowest BCUT2D eigenvalue weighted by Gasteiger charge is -2.27. The Morgan fingerprint density at radius 2 is 1.77 bits per heavy atom. The molecule has 0 fully saturated rings. The molecule has 0 bridgehead atoms. The summed E-state index contributed by atoms with van der Waals surface area (Å²) >= 11 is 0. The van der Waals surface area contributed by atoms with Crippen LogP contribution in [0.3, 0.4) is 0 Å². The quantitative estimate of drug-likeness (QED) is 0.433. The van der Waals surface area contributed by atoms with E-state index in [9.17, 15) is 4.79 Å². The second kappa shape index (κ2) is 8.60. The van der Waals surface area contributed by atoms with Crippen LogP contribution < -0.4 is 4.74 Å². The van der Waals surface area contributed by atoms with Crippen LogP contribution in [0.2, 0.25) is 0 Å². The molecule has 0 saturated heterocycles. The Hall–Kier alpha value is -3.66. The maximum atomic E-state index is 12.6. The van der Waals surface area contributed by atoms with E-state index in [0.29, 0.717) is 12.8 Å². The third-order valence-corrected chi connectivity index (χ3v) is 5.94. The van der Waals surface area contributed by atoms with Gasteiger partial charge in [0, 0.05) is 36.7 Å². The fourth-order valence-electron chi connectivity index (χ4n) is 4.40. The van der Waals surface area contributed by atoms with Gasteiger partial charge in [0.15, 0.2) is 5.78 Å². The van der Waals surface area contributed by atoms with Crippen molar-refractivity contribution < 1.29 is 9.53 Å². The first-order chi connectivity index (χ1) is 15.3. The van der Waals surface area contributed by atoms with Gasteiger partial charge in [0.2, 0.25) is 0 Å². The molecule has 1 N–H and O–H groups in total. The number of Topliss-reactive ketones (excluding diaryl/α,β-unsaturated/α-hetero) is 1. The molecular weight excluding hydrogens is 384 g/mol. The summed E-state index contributed by atoms with van der Waals surface area (Å²) in [5.41, 5.74) is 4.20. The van der Waals surface area contributed by atoms with Crippen LogP contribution in [0, 0.1) is 0 Å². The Morgan fingerprint density at radius 1 is 1.00 bits per heavy atom. The van der Waals surface area contributed by atoms with Crippen molar-refractivity contribution in [3.05, 3.63) is 119 Å². The van der Waals surface area contributed by atoms with Gasteiger partial charge < -0.3 is 9.72 Å². The van der Waals surface area contributed by atoms with Gasteiger partial charge in [-0.25, -0.2) is 4.98 Å². The number of nitrogens with zero attached hydrogens (tertiary/aromatic N) is 1. The minimum atomic E-state index is -0.181. The molecule has 1 aliphatic rings. The lowest BCUT2D eigenvalue weighted by atomic mass is 9.78. The Balaban J connectivity index is 1.49. The van der Waals surface area contributed by atoms with Gasteiger partial charge in [-0.05, 0) is 41.3 Å². The van der Waals surface area contributed by atoms with E-state index >= 15 is 0 Å². The van der Waals surface area contributed by atoms with Gasteiger partial charge in [0.1, 0.15) is 17.7 Å². The van der Waals surface area contributed by atoms with Gasteiger partial charge in [-0.2, -0.15) is 0 Å². The van der Waals surface area contributed by atoms with Crippen LogP contribution >= 0.6 is 0 Å². The summed E-state index contributed by atoms with van der Waals surface area (Å²) in [5, 5.41) is 0. The van der Waals surface area contributed by atoms with Gasteiger partial charge in [-0.15, -0.1) is 0 Å². The lowest BCUT2D eigenvalue weighted by molar-refractivity contribution is 0.0969. The monoisotopic (exact) mass is 408 g/mol. The lowest BCUT2D eigenvalue weighted by Crippen LogP contribution is -2.17. The number of nitrogens with one attached hydrogen (secondary N) is 1. The van der Waals surface area contributed by atoms with E-state index in [1.165, 1.54) is 5.56 Å². The molecule has 31 heavy (non-hydrogen) atoms. The molecule has 0 spiro atoms. The highest BCUT2D eigenvalue weighted by atomic mass is 16.5. The van der Waals surface area contributed by atoms with Crippen LogP contribution in [0.1, 0.15) is 57.7 Å². The van der Waals surface area contributed by atoms with Gasteiger partial charge in [0.05, 0.1) is 0 Å². The molecule has 0 aliphatic heterocycles. The highest BCUT2D eigenvalue weighted by molar-refractivity contribution is 5.99. The summed E-state index contributed by atoms with van der Waals surface area (Å²) in [6.45, 7) is 0. The van der Waals surface area contributed by atoms with E-state index in [2.05, 4.69) is 52.4 Å². The van der Waals surface area contributed by atoms with E-state index < -0.39 is 0 Å². The number of ketones is 1. The summed E-state index contributed by atoms with van der Waals surface area (Å²) in [6, 6.07) is 26.5. The van der Waals surface area contributed by atoms with Crippen molar-refractivity contribution in [2.24, 2.45) is 0 Å². The standard InChI is InChI=1S/C27H24N2O2/c30-25-14-13-22(19-7-3-1-4-8-19)24-17-21(11-12-23(24)25)31-26(18-27-28-15-16-29-27)20-9-5-2-6-10-20/h1-12,15-17,22,26H,13-14,18H2,(H,28,29)/t22?,26-/m0/s1. The van der Waals surface area contributed by atoms with Crippen LogP contribution in [0.15, 0.2) is 91.3 Å². The molecule has 4 nitrogen and oxygen atoms in total. The van der Waals surface area contributed by atoms with Crippen molar-refractivity contribution in [2.45, 2.75) is 31.3 Å². The number of fused-ring (bicyclic) bond motifs is 1. The van der Waals surface area contributed by atoms with Crippen molar-refractivity contribution in [3.8, 4) is 5.75 Å². The predicted octanol–water partition coefficient (Wildman–Crippen LogP) is 5.88. The normalized spacial score (nSPS) is 16.5. The number of benzene rings is 3. The fourth-order valence-corrected chi connectivity index (χ4v) is 4.40. The Kier molecular flexibility index (Phi) is 5.36. The Labute approximate surface area is 181 Å². The third kappa shape index (κ3) is 4.15. The molecule has 0 amide bonds. The molecule has 1 heterocycles. The molecular formula is C27H24N2O2. The first-order valence-electron chi connectivity index (χ1n) is 10.7. The van der Waals surface area contributed by atoms with Crippen molar-refractivity contribution in [2.75, 3.05) is 0 Å². The number of imidazole rings is 1. The van der Waals surface area contributed by atoms with Crippen molar-refractivity contribution in [1.29, 1.82) is 0 Å². The topological polar surface area (TPSA) is 55.0 Å². The van der Waals surface area contributed by atoms with Crippen LogP contribution in [-0.4, -0.2) is 15.8 Å². The molecule has 154 valence electrons.